The lowest BCUT2D eigenvalue weighted by Gasteiger charge is -2.45. The van der Waals surface area contributed by atoms with Crippen LogP contribution in [0.3, 0.4) is 0 Å². The van der Waals surface area contributed by atoms with Crippen LogP contribution in [-0.4, -0.2) is 30.1 Å². The highest BCUT2D eigenvalue weighted by molar-refractivity contribution is 5.89. The molecule has 0 aromatic heterocycles. The second-order valence-corrected chi connectivity index (χ2v) is 6.49. The van der Waals surface area contributed by atoms with Crippen LogP contribution >= 0.6 is 0 Å². The molecule has 1 aromatic rings. The molecule has 4 nitrogen and oxygen atoms in total. The minimum absolute atomic E-state index is 0.0693. The van der Waals surface area contributed by atoms with Crippen LogP contribution in [0.1, 0.15) is 38.2 Å². The van der Waals surface area contributed by atoms with Crippen LogP contribution in [0.5, 0.6) is 0 Å². The number of carbonyl (C=O) groups excluding carboxylic acids is 1. The van der Waals surface area contributed by atoms with Gasteiger partial charge in [0.2, 0.25) is 0 Å². The van der Waals surface area contributed by atoms with Crippen LogP contribution in [-0.2, 0) is 0 Å². The van der Waals surface area contributed by atoms with E-state index in [1.54, 1.807) is 0 Å². The van der Waals surface area contributed by atoms with Crippen molar-refractivity contribution in [1.29, 1.82) is 0 Å². The summed E-state index contributed by atoms with van der Waals surface area (Å²) in [6.07, 6.45) is 4.35. The first-order valence-electron chi connectivity index (χ1n) is 7.78. The molecule has 0 bridgehead atoms. The van der Waals surface area contributed by atoms with Crippen molar-refractivity contribution in [3.8, 4) is 0 Å². The van der Waals surface area contributed by atoms with E-state index in [4.69, 9.17) is 5.73 Å². The number of likely N-dealkylation sites (N-methyl/N-ethyl adjacent to an activating group) is 1. The maximum absolute atomic E-state index is 12.6. The Morgan fingerprint density at radius 3 is 2.90 bits per heavy atom. The van der Waals surface area contributed by atoms with E-state index in [0.29, 0.717) is 12.5 Å². The Morgan fingerprint density at radius 2 is 2.29 bits per heavy atom. The third kappa shape index (κ3) is 3.56. The summed E-state index contributed by atoms with van der Waals surface area (Å²) in [4.78, 5) is 14.4. The molecule has 0 heterocycles. The van der Waals surface area contributed by atoms with Gasteiger partial charge in [0, 0.05) is 19.3 Å². The molecule has 1 aliphatic rings. The van der Waals surface area contributed by atoms with Gasteiger partial charge in [-0.2, -0.15) is 0 Å². The van der Waals surface area contributed by atoms with E-state index >= 15 is 0 Å². The molecule has 1 fully saturated rings. The molecule has 1 saturated carbocycles. The number of rotatable bonds is 3. The van der Waals surface area contributed by atoms with Gasteiger partial charge in [-0.15, -0.1) is 0 Å². The zero-order chi connectivity index (χ0) is 15.5. The summed E-state index contributed by atoms with van der Waals surface area (Å²) in [6.45, 7) is 4.79. The van der Waals surface area contributed by atoms with Crippen LogP contribution in [0, 0.1) is 12.8 Å². The zero-order valence-electron chi connectivity index (χ0n) is 13.4. The third-order valence-corrected chi connectivity index (χ3v) is 4.73. The van der Waals surface area contributed by atoms with Crippen LogP contribution < -0.4 is 11.1 Å². The predicted molar refractivity (Wildman–Crippen MR) is 87.4 cm³/mol. The Kier molecular flexibility index (Phi) is 4.88. The molecule has 116 valence electrons. The number of amides is 2. The van der Waals surface area contributed by atoms with Gasteiger partial charge in [-0.05, 0) is 43.4 Å². The number of nitrogens with two attached hydrogens (primary N) is 1. The van der Waals surface area contributed by atoms with E-state index in [1.165, 1.54) is 6.42 Å². The molecule has 0 spiro atoms. The molecule has 4 heteroatoms. The van der Waals surface area contributed by atoms with E-state index in [-0.39, 0.29) is 11.6 Å². The first-order valence-corrected chi connectivity index (χ1v) is 7.78. The fourth-order valence-electron chi connectivity index (χ4n) is 3.40. The van der Waals surface area contributed by atoms with Gasteiger partial charge < -0.3 is 16.0 Å². The van der Waals surface area contributed by atoms with Gasteiger partial charge in [-0.1, -0.05) is 31.9 Å². The van der Waals surface area contributed by atoms with Gasteiger partial charge >= 0.3 is 6.03 Å². The average molecular weight is 289 g/mol. The Labute approximate surface area is 127 Å². The Bertz CT molecular complexity index is 503. The number of nitrogens with one attached hydrogen (secondary N) is 1. The summed E-state index contributed by atoms with van der Waals surface area (Å²) in [6, 6.07) is 7.79. The minimum Gasteiger partial charge on any atom is -0.328 e. The number of benzene rings is 1. The van der Waals surface area contributed by atoms with Crippen molar-refractivity contribution in [2.24, 2.45) is 11.7 Å². The van der Waals surface area contributed by atoms with Crippen molar-refractivity contribution in [3.05, 3.63) is 29.8 Å². The largest absolute Gasteiger partial charge is 0.328 e. The molecule has 21 heavy (non-hydrogen) atoms. The van der Waals surface area contributed by atoms with Crippen molar-refractivity contribution < 1.29 is 4.79 Å². The Balaban J connectivity index is 2.10. The maximum Gasteiger partial charge on any atom is 0.322 e. The first kappa shape index (κ1) is 15.8. The van der Waals surface area contributed by atoms with E-state index in [9.17, 15) is 4.79 Å². The predicted octanol–water partition coefficient (Wildman–Crippen LogP) is 3.37. The molecule has 2 atom stereocenters. The van der Waals surface area contributed by atoms with E-state index in [1.807, 2.05) is 43.1 Å². The lowest BCUT2D eigenvalue weighted by molar-refractivity contribution is 0.0910. The smallest absolute Gasteiger partial charge is 0.322 e. The second-order valence-electron chi connectivity index (χ2n) is 6.49. The maximum atomic E-state index is 12.6. The highest BCUT2D eigenvalue weighted by Crippen LogP contribution is 2.35. The summed E-state index contributed by atoms with van der Waals surface area (Å²) >= 11 is 0. The van der Waals surface area contributed by atoms with Crippen molar-refractivity contribution in [3.63, 3.8) is 0 Å². The van der Waals surface area contributed by atoms with E-state index in [0.717, 1.165) is 30.5 Å². The monoisotopic (exact) mass is 289 g/mol. The number of aryl methyl sites for hydroxylation is 1. The summed E-state index contributed by atoms with van der Waals surface area (Å²) in [5.41, 5.74) is 7.80. The lowest BCUT2D eigenvalue weighted by atomic mass is 9.75. The van der Waals surface area contributed by atoms with Gasteiger partial charge in [-0.3, -0.25) is 0 Å². The fraction of sp³-hybridized carbons (Fsp3) is 0.588. The normalized spacial score (nSPS) is 25.4. The third-order valence-electron chi connectivity index (χ3n) is 4.73. The molecular weight excluding hydrogens is 262 g/mol. The summed E-state index contributed by atoms with van der Waals surface area (Å²) in [5.74, 6) is 0.622. The Hall–Kier alpha value is -1.55. The standard InChI is InChI=1S/C17H27N3O/c1-13-6-4-8-15(10-13)19-16(21)20(3)17(12-18)9-5-7-14(2)11-17/h4,6,8,10,14H,5,7,9,11-12,18H2,1-3H3,(H,19,21). The number of hydrogen-bond donors (Lipinski definition) is 2. The molecule has 2 rings (SSSR count). The number of hydrogen-bond acceptors (Lipinski definition) is 2. The highest BCUT2D eigenvalue weighted by Gasteiger charge is 2.39. The molecule has 0 aliphatic heterocycles. The minimum atomic E-state index is -0.203. The zero-order valence-corrected chi connectivity index (χ0v) is 13.4. The summed E-state index contributed by atoms with van der Waals surface area (Å²) < 4.78 is 0. The van der Waals surface area contributed by atoms with E-state index in [2.05, 4.69) is 12.2 Å². The quantitative estimate of drug-likeness (QED) is 0.896. The first-order chi connectivity index (χ1) is 9.97. The number of carbonyl (C=O) groups is 1. The van der Waals surface area contributed by atoms with Crippen molar-refractivity contribution >= 4 is 11.7 Å². The van der Waals surface area contributed by atoms with Crippen molar-refractivity contribution in [2.75, 3.05) is 18.9 Å². The number of nitrogens with zero attached hydrogens (tertiary/aromatic N) is 1. The molecule has 0 radical (unpaired) electrons. The van der Waals surface area contributed by atoms with Crippen LogP contribution in [0.2, 0.25) is 0 Å². The van der Waals surface area contributed by atoms with Crippen LogP contribution in [0.4, 0.5) is 10.5 Å². The molecule has 1 aliphatic carbocycles. The van der Waals surface area contributed by atoms with Crippen molar-refractivity contribution in [2.45, 2.75) is 45.1 Å². The Morgan fingerprint density at radius 1 is 1.52 bits per heavy atom. The number of anilines is 1. The molecule has 0 saturated heterocycles. The van der Waals surface area contributed by atoms with Crippen LogP contribution in [0.25, 0.3) is 0 Å². The van der Waals surface area contributed by atoms with Gasteiger partial charge in [0.05, 0.1) is 5.54 Å². The SMILES string of the molecule is Cc1cccc(NC(=O)N(C)C2(CN)CCCC(C)C2)c1. The molecule has 1 aromatic carbocycles. The van der Waals surface area contributed by atoms with E-state index < -0.39 is 0 Å². The average Bonchev–Trinajstić information content (AvgIpc) is 2.46. The van der Waals surface area contributed by atoms with Crippen molar-refractivity contribution in [1.82, 2.24) is 4.90 Å². The van der Waals surface area contributed by atoms with Gasteiger partial charge in [0.15, 0.2) is 0 Å². The molecule has 2 unspecified atom stereocenters. The molecule has 3 N–H and O–H groups in total. The lowest BCUT2D eigenvalue weighted by Crippen LogP contribution is -2.57. The number of urea groups is 1. The van der Waals surface area contributed by atoms with Gasteiger partial charge in [-0.25, -0.2) is 4.79 Å². The second kappa shape index (κ2) is 6.48. The van der Waals surface area contributed by atoms with Crippen LogP contribution in [0.15, 0.2) is 24.3 Å². The van der Waals surface area contributed by atoms with Gasteiger partial charge in [0.25, 0.3) is 0 Å². The fourth-order valence-corrected chi connectivity index (χ4v) is 3.40. The summed E-state index contributed by atoms with van der Waals surface area (Å²) in [5, 5.41) is 2.99. The topological polar surface area (TPSA) is 58.4 Å². The summed E-state index contributed by atoms with van der Waals surface area (Å²) in [7, 11) is 1.87. The highest BCUT2D eigenvalue weighted by atomic mass is 16.2. The molecule has 2 amide bonds. The van der Waals surface area contributed by atoms with Gasteiger partial charge in [0.1, 0.15) is 0 Å². The molecular formula is C17H27N3O.